The summed E-state index contributed by atoms with van der Waals surface area (Å²) in [5.74, 6) is 0.0308. The molecular formula is C23H24N2O6S. The van der Waals surface area contributed by atoms with Gasteiger partial charge in [-0.2, -0.15) is 0 Å². The van der Waals surface area contributed by atoms with E-state index in [0.717, 1.165) is 28.7 Å². The second-order valence-electron chi connectivity index (χ2n) is 7.67. The van der Waals surface area contributed by atoms with Crippen molar-refractivity contribution in [3.05, 3.63) is 46.0 Å². The maximum Gasteiger partial charge on any atom is 0.414 e. The number of benzene rings is 1. The van der Waals surface area contributed by atoms with Gasteiger partial charge in [-0.05, 0) is 49.8 Å². The number of ether oxygens (including phenoxy) is 2. The SMILES string of the molecule is CCOC(=O)NC(=O)c1c(NC(=O)c2cc3cccc(OC)c3o2)sc2c1CCC(C)C2. The summed E-state index contributed by atoms with van der Waals surface area (Å²) in [4.78, 5) is 38.8. The fraction of sp³-hybridized carbons (Fsp3) is 0.348. The van der Waals surface area contributed by atoms with Gasteiger partial charge in [-0.1, -0.05) is 19.1 Å². The van der Waals surface area contributed by atoms with Gasteiger partial charge in [0.15, 0.2) is 17.1 Å². The van der Waals surface area contributed by atoms with Crippen LogP contribution in [0.25, 0.3) is 11.0 Å². The van der Waals surface area contributed by atoms with E-state index in [1.807, 2.05) is 12.1 Å². The van der Waals surface area contributed by atoms with Crippen molar-refractivity contribution in [3.8, 4) is 5.75 Å². The highest BCUT2D eigenvalue weighted by atomic mass is 32.1. The average Bonchev–Trinajstić information content (AvgIpc) is 3.34. The lowest BCUT2D eigenvalue weighted by Gasteiger charge is -2.18. The second-order valence-corrected chi connectivity index (χ2v) is 8.78. The van der Waals surface area contributed by atoms with Crippen LogP contribution in [0.15, 0.2) is 28.7 Å². The van der Waals surface area contributed by atoms with E-state index in [2.05, 4.69) is 17.6 Å². The van der Waals surface area contributed by atoms with Gasteiger partial charge in [0.25, 0.3) is 11.8 Å². The molecule has 1 unspecified atom stereocenters. The van der Waals surface area contributed by atoms with E-state index in [0.29, 0.717) is 34.2 Å². The van der Waals surface area contributed by atoms with E-state index in [9.17, 15) is 14.4 Å². The Kier molecular flexibility index (Phi) is 6.18. The molecule has 0 saturated carbocycles. The first-order valence-electron chi connectivity index (χ1n) is 10.4. The largest absolute Gasteiger partial charge is 0.493 e. The third kappa shape index (κ3) is 4.20. The van der Waals surface area contributed by atoms with Crippen LogP contribution in [-0.4, -0.2) is 31.6 Å². The zero-order chi connectivity index (χ0) is 22.8. The number of methoxy groups -OCH3 is 1. The van der Waals surface area contributed by atoms with Crippen molar-refractivity contribution in [1.29, 1.82) is 0 Å². The number of nitrogens with one attached hydrogen (secondary N) is 2. The molecule has 3 aromatic rings. The summed E-state index contributed by atoms with van der Waals surface area (Å²) in [7, 11) is 1.53. The lowest BCUT2D eigenvalue weighted by atomic mass is 9.88. The first-order chi connectivity index (χ1) is 15.4. The summed E-state index contributed by atoms with van der Waals surface area (Å²) >= 11 is 1.36. The minimum Gasteiger partial charge on any atom is -0.493 e. The van der Waals surface area contributed by atoms with Crippen LogP contribution < -0.4 is 15.4 Å². The molecule has 32 heavy (non-hydrogen) atoms. The summed E-state index contributed by atoms with van der Waals surface area (Å²) in [6, 6.07) is 7.01. The smallest absolute Gasteiger partial charge is 0.414 e. The molecule has 2 N–H and O–H groups in total. The van der Waals surface area contributed by atoms with Crippen LogP contribution >= 0.6 is 11.3 Å². The lowest BCUT2D eigenvalue weighted by molar-refractivity contribution is 0.0925. The van der Waals surface area contributed by atoms with Gasteiger partial charge < -0.3 is 19.2 Å². The van der Waals surface area contributed by atoms with Crippen molar-refractivity contribution in [2.24, 2.45) is 5.92 Å². The van der Waals surface area contributed by atoms with Crippen LogP contribution in [0.2, 0.25) is 0 Å². The molecule has 0 bridgehead atoms. The molecule has 4 rings (SSSR count). The van der Waals surface area contributed by atoms with Crippen molar-refractivity contribution >= 4 is 45.2 Å². The third-order valence-corrected chi connectivity index (χ3v) is 6.58. The van der Waals surface area contributed by atoms with Crippen LogP contribution in [0.4, 0.5) is 9.80 Å². The predicted octanol–water partition coefficient (Wildman–Crippen LogP) is 4.77. The number of hydrogen-bond donors (Lipinski definition) is 2. The molecule has 0 aliphatic heterocycles. The van der Waals surface area contributed by atoms with E-state index in [1.165, 1.54) is 18.4 Å². The minimum atomic E-state index is -0.816. The van der Waals surface area contributed by atoms with Crippen LogP contribution in [-0.2, 0) is 17.6 Å². The van der Waals surface area contributed by atoms with Gasteiger partial charge in [0.2, 0.25) is 0 Å². The molecule has 1 aliphatic carbocycles. The lowest BCUT2D eigenvalue weighted by Crippen LogP contribution is -2.32. The average molecular weight is 457 g/mol. The third-order valence-electron chi connectivity index (χ3n) is 5.41. The second kappa shape index (κ2) is 9.04. The van der Waals surface area contributed by atoms with E-state index < -0.39 is 17.9 Å². The molecule has 1 aliphatic rings. The molecule has 3 amide bonds. The number of alkyl carbamates (subject to hydrolysis) is 1. The molecule has 0 radical (unpaired) electrons. The molecule has 168 valence electrons. The predicted molar refractivity (Wildman–Crippen MR) is 121 cm³/mol. The highest BCUT2D eigenvalue weighted by molar-refractivity contribution is 7.17. The summed E-state index contributed by atoms with van der Waals surface area (Å²) in [6.07, 6.45) is 1.64. The van der Waals surface area contributed by atoms with E-state index in [1.54, 1.807) is 19.1 Å². The van der Waals surface area contributed by atoms with Crippen LogP contribution in [0.1, 0.15) is 51.6 Å². The normalized spacial score (nSPS) is 15.2. The van der Waals surface area contributed by atoms with Crippen molar-refractivity contribution in [2.75, 3.05) is 19.0 Å². The minimum absolute atomic E-state index is 0.0981. The number of hydrogen-bond acceptors (Lipinski definition) is 7. The number of rotatable bonds is 5. The summed E-state index contributed by atoms with van der Waals surface area (Å²) in [6.45, 7) is 3.96. The zero-order valence-electron chi connectivity index (χ0n) is 18.1. The highest BCUT2D eigenvalue weighted by Gasteiger charge is 2.30. The molecule has 0 spiro atoms. The van der Waals surface area contributed by atoms with Crippen molar-refractivity contribution < 1.29 is 28.3 Å². The number of thiophene rings is 1. The Bertz CT molecular complexity index is 1190. The number of carbonyl (C=O) groups is 3. The molecule has 1 atom stereocenters. The first-order valence-corrected chi connectivity index (χ1v) is 11.2. The van der Waals surface area contributed by atoms with E-state index >= 15 is 0 Å². The number of amides is 3. The van der Waals surface area contributed by atoms with Gasteiger partial charge in [-0.25, -0.2) is 4.79 Å². The van der Waals surface area contributed by atoms with Gasteiger partial charge in [0.05, 0.1) is 19.3 Å². The highest BCUT2D eigenvalue weighted by Crippen LogP contribution is 2.40. The molecule has 0 fully saturated rings. The molecule has 0 saturated heterocycles. The maximum absolute atomic E-state index is 13.0. The number of fused-ring (bicyclic) bond motifs is 2. The summed E-state index contributed by atoms with van der Waals surface area (Å²) in [5, 5.41) is 6.19. The van der Waals surface area contributed by atoms with Crippen LogP contribution in [0.5, 0.6) is 5.75 Å². The Labute approximate surface area is 188 Å². The molecule has 8 nitrogen and oxygen atoms in total. The van der Waals surface area contributed by atoms with Crippen LogP contribution in [0, 0.1) is 5.92 Å². The zero-order valence-corrected chi connectivity index (χ0v) is 18.9. The first kappa shape index (κ1) is 21.9. The quantitative estimate of drug-likeness (QED) is 0.573. The Hall–Kier alpha value is -3.33. The van der Waals surface area contributed by atoms with Crippen LogP contribution in [0.3, 0.4) is 0 Å². The van der Waals surface area contributed by atoms with Gasteiger partial charge >= 0.3 is 6.09 Å². The van der Waals surface area contributed by atoms with Gasteiger partial charge in [0, 0.05) is 10.3 Å². The van der Waals surface area contributed by atoms with Gasteiger partial charge in [-0.15, -0.1) is 11.3 Å². The fourth-order valence-electron chi connectivity index (χ4n) is 3.88. The fourth-order valence-corrected chi connectivity index (χ4v) is 5.28. The number of carbonyl (C=O) groups excluding carboxylic acids is 3. The number of anilines is 1. The Morgan fingerprint density at radius 3 is 2.81 bits per heavy atom. The van der Waals surface area contributed by atoms with Gasteiger partial charge in [0.1, 0.15) is 5.00 Å². The Morgan fingerprint density at radius 1 is 1.25 bits per heavy atom. The van der Waals surface area contributed by atoms with Crippen molar-refractivity contribution in [2.45, 2.75) is 33.1 Å². The summed E-state index contributed by atoms with van der Waals surface area (Å²) < 4.78 is 15.9. The van der Waals surface area contributed by atoms with Crippen molar-refractivity contribution in [3.63, 3.8) is 0 Å². The number of para-hydroxylation sites is 1. The molecule has 9 heteroatoms. The molecule has 2 aromatic heterocycles. The van der Waals surface area contributed by atoms with E-state index in [-0.39, 0.29) is 12.4 Å². The monoisotopic (exact) mass is 456 g/mol. The molecule has 1 aromatic carbocycles. The Balaban J connectivity index is 1.66. The molecule has 2 heterocycles. The van der Waals surface area contributed by atoms with Crippen molar-refractivity contribution in [1.82, 2.24) is 5.32 Å². The van der Waals surface area contributed by atoms with E-state index in [4.69, 9.17) is 13.9 Å². The molecular weight excluding hydrogens is 432 g/mol. The number of furan rings is 1. The number of imide groups is 1. The topological polar surface area (TPSA) is 107 Å². The van der Waals surface area contributed by atoms with Gasteiger partial charge in [-0.3, -0.25) is 14.9 Å². The standard InChI is InChI=1S/C23H24N2O6S/c1-4-30-23(28)25-21(27)18-14-9-8-12(2)10-17(14)32-22(18)24-20(26)16-11-13-6-5-7-15(29-3)19(13)31-16/h5-7,11-12H,4,8-10H2,1-3H3,(H,24,26)(H,25,27,28). The summed E-state index contributed by atoms with van der Waals surface area (Å²) in [5.41, 5.74) is 1.66. The Morgan fingerprint density at radius 2 is 2.06 bits per heavy atom. The maximum atomic E-state index is 13.0.